The third-order valence-corrected chi connectivity index (χ3v) is 6.17. The fourth-order valence-corrected chi connectivity index (χ4v) is 4.28. The number of carboxylic acid groups (broad SMARTS) is 4. The number of nitrogens with one attached hydrogen (secondary N) is 1. The normalized spacial score (nSPS) is 19.0. The smallest absolute Gasteiger partial charge is 0.119 e. The largest absolute Gasteiger partial charge is 0.549 e. The van der Waals surface area contributed by atoms with E-state index in [4.69, 9.17) is 4.74 Å². The highest BCUT2D eigenvalue weighted by atomic mass is 16.5. The highest BCUT2D eigenvalue weighted by Gasteiger charge is 2.25. The lowest BCUT2D eigenvalue weighted by Gasteiger charge is -2.37. The molecule has 0 aromatic heterocycles. The molecule has 37 heavy (non-hydrogen) atoms. The van der Waals surface area contributed by atoms with Gasteiger partial charge in [0.2, 0.25) is 0 Å². The summed E-state index contributed by atoms with van der Waals surface area (Å²) in [6.07, 6.45) is 0. The summed E-state index contributed by atoms with van der Waals surface area (Å²) < 4.78 is 5.47. The van der Waals surface area contributed by atoms with Gasteiger partial charge in [-0.05, 0) is 24.6 Å². The maximum absolute atomic E-state index is 11.5. The van der Waals surface area contributed by atoms with Crippen LogP contribution >= 0.6 is 0 Å². The van der Waals surface area contributed by atoms with Gasteiger partial charge in [0.15, 0.2) is 0 Å². The van der Waals surface area contributed by atoms with E-state index in [1.54, 1.807) is 4.90 Å². The molecule has 1 fully saturated rings. The number of ether oxygens (including phenoxy) is 1. The molecule has 1 unspecified atom stereocenters. The quantitative estimate of drug-likeness (QED) is 0.272. The molecule has 206 valence electrons. The van der Waals surface area contributed by atoms with Crippen LogP contribution in [0.5, 0.6) is 5.75 Å². The SMILES string of the molecule is CCOc1ccc(CN2CCN(CC(=O)[O-])CCN(C(C(=O)[O-])C(=O)[O-])CC[NH+](CC(=O)[O-])CC2)cc1. The number of aliphatic carboxylic acids is 4. The van der Waals surface area contributed by atoms with Gasteiger partial charge in [-0.3, -0.25) is 14.7 Å². The first-order valence-corrected chi connectivity index (χ1v) is 12.1. The van der Waals surface area contributed by atoms with Crippen molar-refractivity contribution < 1.29 is 49.2 Å². The Hall–Kier alpha value is -3.26. The van der Waals surface area contributed by atoms with Crippen molar-refractivity contribution in [2.24, 2.45) is 0 Å². The van der Waals surface area contributed by atoms with Crippen LogP contribution in [0, 0.1) is 0 Å². The zero-order chi connectivity index (χ0) is 27.4. The number of rotatable bonds is 11. The molecule has 0 bridgehead atoms. The van der Waals surface area contributed by atoms with Gasteiger partial charge in [0.1, 0.15) is 12.3 Å². The van der Waals surface area contributed by atoms with Crippen LogP contribution in [0.3, 0.4) is 0 Å². The maximum atomic E-state index is 11.5. The number of carbonyl (C=O) groups excluding carboxylic acids is 4. The van der Waals surface area contributed by atoms with Crippen LogP contribution in [0.15, 0.2) is 24.3 Å². The average Bonchev–Trinajstić information content (AvgIpc) is 2.80. The number of carboxylic acids is 4. The van der Waals surface area contributed by atoms with Crippen molar-refractivity contribution in [3.63, 3.8) is 0 Å². The Labute approximate surface area is 215 Å². The van der Waals surface area contributed by atoms with Crippen molar-refractivity contribution in [3.05, 3.63) is 29.8 Å². The molecule has 1 aliphatic rings. The van der Waals surface area contributed by atoms with E-state index in [2.05, 4.69) is 4.90 Å². The monoisotopic (exact) mass is 521 g/mol. The van der Waals surface area contributed by atoms with Crippen LogP contribution in [0.4, 0.5) is 0 Å². The lowest BCUT2D eigenvalue weighted by molar-refractivity contribution is -0.893. The summed E-state index contributed by atoms with van der Waals surface area (Å²) in [6.45, 7) is 3.62. The Balaban J connectivity index is 2.24. The lowest BCUT2D eigenvalue weighted by Crippen LogP contribution is -3.14. The Morgan fingerprint density at radius 1 is 0.838 bits per heavy atom. The highest BCUT2D eigenvalue weighted by molar-refractivity contribution is 5.95. The van der Waals surface area contributed by atoms with E-state index in [0.717, 1.165) is 16.2 Å². The second-order valence-electron chi connectivity index (χ2n) is 8.88. The van der Waals surface area contributed by atoms with Gasteiger partial charge in [-0.15, -0.1) is 0 Å². The molecule has 0 aliphatic carbocycles. The van der Waals surface area contributed by atoms with Crippen molar-refractivity contribution >= 4 is 23.9 Å². The van der Waals surface area contributed by atoms with E-state index in [9.17, 15) is 39.6 Å². The molecule has 1 aromatic carbocycles. The molecular formula is C24H33N4O9-3. The van der Waals surface area contributed by atoms with Crippen LogP contribution in [-0.2, 0) is 25.7 Å². The van der Waals surface area contributed by atoms with E-state index >= 15 is 0 Å². The summed E-state index contributed by atoms with van der Waals surface area (Å²) in [5.41, 5.74) is 0.986. The first kappa shape index (κ1) is 30.0. The number of quaternary nitrogens is 1. The van der Waals surface area contributed by atoms with Crippen molar-refractivity contribution in [3.8, 4) is 5.75 Å². The average molecular weight is 522 g/mol. The summed E-state index contributed by atoms with van der Waals surface area (Å²) in [5.74, 6) is -5.59. The van der Waals surface area contributed by atoms with E-state index in [1.165, 1.54) is 0 Å². The van der Waals surface area contributed by atoms with E-state index < -0.39 is 36.5 Å². The molecule has 0 spiro atoms. The maximum Gasteiger partial charge on any atom is 0.119 e. The Morgan fingerprint density at radius 2 is 1.43 bits per heavy atom. The van der Waals surface area contributed by atoms with Gasteiger partial charge >= 0.3 is 0 Å². The van der Waals surface area contributed by atoms with Crippen LogP contribution in [0.1, 0.15) is 12.5 Å². The van der Waals surface area contributed by atoms with Crippen molar-refractivity contribution in [1.29, 1.82) is 0 Å². The summed E-state index contributed by atoms with van der Waals surface area (Å²) in [7, 11) is 0. The first-order chi connectivity index (χ1) is 17.6. The van der Waals surface area contributed by atoms with Crippen LogP contribution < -0.4 is 30.1 Å². The molecule has 1 atom stereocenters. The molecule has 1 heterocycles. The van der Waals surface area contributed by atoms with E-state index in [0.29, 0.717) is 37.7 Å². The van der Waals surface area contributed by atoms with E-state index in [1.807, 2.05) is 31.2 Å². The van der Waals surface area contributed by atoms with Crippen LogP contribution in [0.25, 0.3) is 0 Å². The standard InChI is InChI=1S/C24H36N4O9/c1-2-37-19-5-3-18(4-6-19)15-25-7-9-26(16-20(29)30)11-13-28(22(23(33)34)24(35)36)14-12-27(10-8-25)17-21(31)32/h3-6,22H,2,7-17H2,1H3,(H,29,30)(H,31,32)(H,33,34)(H,35,36)/p-3. The highest BCUT2D eigenvalue weighted by Crippen LogP contribution is 2.14. The molecule has 1 aromatic rings. The molecule has 0 saturated carbocycles. The second-order valence-corrected chi connectivity index (χ2v) is 8.88. The predicted molar refractivity (Wildman–Crippen MR) is 120 cm³/mol. The number of carbonyl (C=O) groups is 4. The predicted octanol–water partition coefficient (Wildman–Crippen LogP) is -7.24. The Kier molecular flexibility index (Phi) is 12.2. The van der Waals surface area contributed by atoms with Crippen molar-refractivity contribution in [2.75, 3.05) is 72.1 Å². The summed E-state index contributed by atoms with van der Waals surface area (Å²) in [4.78, 5) is 50.9. The minimum absolute atomic E-state index is 0.0394. The number of hydrogen-bond donors (Lipinski definition) is 1. The molecule has 0 amide bonds. The molecular weight excluding hydrogens is 488 g/mol. The minimum atomic E-state index is -2.06. The molecule has 13 nitrogen and oxygen atoms in total. The lowest BCUT2D eigenvalue weighted by atomic mass is 10.2. The van der Waals surface area contributed by atoms with Gasteiger partial charge in [-0.2, -0.15) is 0 Å². The van der Waals surface area contributed by atoms with Gasteiger partial charge in [-0.1, -0.05) is 12.1 Å². The van der Waals surface area contributed by atoms with Gasteiger partial charge in [0, 0.05) is 52.4 Å². The zero-order valence-corrected chi connectivity index (χ0v) is 20.9. The summed E-state index contributed by atoms with van der Waals surface area (Å²) in [6, 6.07) is 5.48. The van der Waals surface area contributed by atoms with Gasteiger partial charge < -0.3 is 49.2 Å². The fraction of sp³-hybridized carbons (Fsp3) is 0.583. The van der Waals surface area contributed by atoms with Crippen molar-refractivity contribution in [2.45, 2.75) is 19.5 Å². The van der Waals surface area contributed by atoms with Gasteiger partial charge in [-0.25, -0.2) is 0 Å². The topological polar surface area (TPSA) is 184 Å². The van der Waals surface area contributed by atoms with Crippen LogP contribution in [0.2, 0.25) is 0 Å². The molecule has 13 heteroatoms. The summed E-state index contributed by atoms with van der Waals surface area (Å²) >= 11 is 0. The minimum Gasteiger partial charge on any atom is -0.549 e. The zero-order valence-electron chi connectivity index (χ0n) is 20.9. The number of hydrogen-bond acceptors (Lipinski definition) is 12. The first-order valence-electron chi connectivity index (χ1n) is 12.1. The Bertz CT molecular complexity index is 866. The Morgan fingerprint density at radius 3 is 2.00 bits per heavy atom. The van der Waals surface area contributed by atoms with Gasteiger partial charge in [0.25, 0.3) is 0 Å². The number of nitrogens with zero attached hydrogens (tertiary/aromatic N) is 3. The molecule has 1 N–H and O–H groups in total. The summed E-state index contributed by atoms with van der Waals surface area (Å²) in [5, 5.41) is 45.6. The third-order valence-electron chi connectivity index (χ3n) is 6.17. The van der Waals surface area contributed by atoms with Crippen LogP contribution in [-0.4, -0.2) is 117 Å². The third kappa shape index (κ3) is 10.7. The second kappa shape index (κ2) is 15.1. The van der Waals surface area contributed by atoms with Gasteiger partial charge in [0.05, 0.1) is 49.6 Å². The number of benzene rings is 1. The van der Waals surface area contributed by atoms with E-state index in [-0.39, 0.29) is 39.3 Å². The molecule has 2 rings (SSSR count). The van der Waals surface area contributed by atoms with Crippen molar-refractivity contribution in [1.82, 2.24) is 14.7 Å². The molecule has 1 saturated heterocycles. The molecule has 0 radical (unpaired) electrons. The fourth-order valence-electron chi connectivity index (χ4n) is 4.28. The molecule has 1 aliphatic heterocycles.